The smallest absolute Gasteiger partial charge is 0.263 e. The molecule has 0 fully saturated rings. The maximum atomic E-state index is 13.1. The zero-order valence-corrected chi connectivity index (χ0v) is 20.0. The Morgan fingerprint density at radius 1 is 0.941 bits per heavy atom. The van der Waals surface area contributed by atoms with E-state index < -0.39 is 6.43 Å². The molecule has 0 aliphatic carbocycles. The van der Waals surface area contributed by atoms with Gasteiger partial charge in [-0.25, -0.2) is 8.78 Å². The number of rotatable bonds is 5. The molecule has 0 bridgehead atoms. The molecule has 0 radical (unpaired) electrons. The number of hydrogen-bond acceptors (Lipinski definition) is 3. The molecule has 0 N–H and O–H groups in total. The van der Waals surface area contributed by atoms with Crippen molar-refractivity contribution in [1.82, 2.24) is 8.96 Å². The molecule has 3 nitrogen and oxygen atoms in total. The fraction of sp³-hybridized carbons (Fsp3) is 0.0370. The van der Waals surface area contributed by atoms with E-state index in [1.807, 2.05) is 54.6 Å². The van der Waals surface area contributed by atoms with Gasteiger partial charge in [-0.1, -0.05) is 58.4 Å². The van der Waals surface area contributed by atoms with Crippen LogP contribution >= 0.6 is 27.9 Å². The first-order valence-electron chi connectivity index (χ1n) is 10.4. The fourth-order valence-corrected chi connectivity index (χ4v) is 5.31. The lowest BCUT2D eigenvalue weighted by molar-refractivity contribution is 0.151. The first-order chi connectivity index (χ1) is 16.6. The van der Waals surface area contributed by atoms with Crippen LogP contribution in [0.15, 0.2) is 100 Å². The number of alkyl halides is 2. The predicted molar refractivity (Wildman–Crippen MR) is 136 cm³/mol. The fourth-order valence-electron chi connectivity index (χ4n) is 3.91. The molecule has 0 spiro atoms. The summed E-state index contributed by atoms with van der Waals surface area (Å²) in [5, 5.41) is 9.82. The standard InChI is InChI=1S/C27H16BrF2N3S/c28-20-7-3-6-18(15-20)26-24(22-8-2-1-5-19(22)16-31)25-23(9-4-14-32-25)33(26)34-21-12-10-17(11-13-21)27(29)30/h1-15,27H. The second-order valence-electron chi connectivity index (χ2n) is 7.52. The minimum absolute atomic E-state index is 0.0146. The van der Waals surface area contributed by atoms with Gasteiger partial charge < -0.3 is 0 Å². The zero-order valence-electron chi connectivity index (χ0n) is 17.6. The first kappa shape index (κ1) is 22.3. The number of halogens is 3. The van der Waals surface area contributed by atoms with E-state index in [1.165, 1.54) is 24.1 Å². The molecular formula is C27H16BrF2N3S. The van der Waals surface area contributed by atoms with Gasteiger partial charge in [0, 0.05) is 37.8 Å². The van der Waals surface area contributed by atoms with Crippen LogP contribution in [0.4, 0.5) is 8.78 Å². The molecule has 0 aliphatic rings. The molecule has 2 heterocycles. The zero-order chi connectivity index (χ0) is 23.7. The largest absolute Gasteiger partial charge is 0.277 e. The van der Waals surface area contributed by atoms with Gasteiger partial charge in [0.05, 0.1) is 28.4 Å². The minimum atomic E-state index is -2.51. The third-order valence-corrected chi connectivity index (χ3v) is 6.96. The van der Waals surface area contributed by atoms with Crippen molar-refractivity contribution in [1.29, 1.82) is 5.26 Å². The van der Waals surface area contributed by atoms with Crippen molar-refractivity contribution in [2.45, 2.75) is 11.3 Å². The van der Waals surface area contributed by atoms with E-state index in [4.69, 9.17) is 0 Å². The SMILES string of the molecule is N#Cc1ccccc1-c1c(-c2cccc(Br)c2)n(Sc2ccc(C(F)F)cc2)c2cccnc12. The van der Waals surface area contributed by atoms with Crippen molar-refractivity contribution in [3.63, 3.8) is 0 Å². The van der Waals surface area contributed by atoms with Crippen molar-refractivity contribution in [2.24, 2.45) is 0 Å². The Balaban J connectivity index is 1.81. The number of nitriles is 1. The van der Waals surface area contributed by atoms with Crippen LogP contribution in [0.2, 0.25) is 0 Å². The number of benzene rings is 3. The molecule has 0 saturated heterocycles. The van der Waals surface area contributed by atoms with Crippen LogP contribution in [0, 0.1) is 11.3 Å². The number of aromatic nitrogens is 2. The van der Waals surface area contributed by atoms with Gasteiger partial charge >= 0.3 is 0 Å². The molecule has 0 saturated carbocycles. The second kappa shape index (κ2) is 9.41. The highest BCUT2D eigenvalue weighted by molar-refractivity contribution is 9.10. The average molecular weight is 532 g/mol. The van der Waals surface area contributed by atoms with Gasteiger partial charge in [0.1, 0.15) is 0 Å². The lowest BCUT2D eigenvalue weighted by atomic mass is 9.96. The predicted octanol–water partition coefficient (Wildman–Crippen LogP) is 8.50. The highest BCUT2D eigenvalue weighted by atomic mass is 79.9. The van der Waals surface area contributed by atoms with Crippen LogP contribution in [-0.2, 0) is 0 Å². The van der Waals surface area contributed by atoms with Gasteiger partial charge in [-0.3, -0.25) is 8.96 Å². The van der Waals surface area contributed by atoms with Crippen LogP contribution in [0.3, 0.4) is 0 Å². The lowest BCUT2D eigenvalue weighted by Crippen LogP contribution is -1.94. The maximum absolute atomic E-state index is 13.1. The molecule has 0 atom stereocenters. The monoisotopic (exact) mass is 531 g/mol. The molecule has 0 amide bonds. The molecule has 7 heteroatoms. The van der Waals surface area contributed by atoms with Crippen molar-refractivity contribution < 1.29 is 8.78 Å². The molecular weight excluding hydrogens is 516 g/mol. The van der Waals surface area contributed by atoms with E-state index in [-0.39, 0.29) is 5.56 Å². The molecule has 0 aliphatic heterocycles. The number of nitrogens with zero attached hydrogens (tertiary/aromatic N) is 3. The van der Waals surface area contributed by atoms with E-state index in [2.05, 4.69) is 31.0 Å². The lowest BCUT2D eigenvalue weighted by Gasteiger charge is -2.13. The topological polar surface area (TPSA) is 41.6 Å². The van der Waals surface area contributed by atoms with Gasteiger partial charge in [-0.2, -0.15) is 5.26 Å². The summed E-state index contributed by atoms with van der Waals surface area (Å²) in [4.78, 5) is 5.49. The number of pyridine rings is 1. The van der Waals surface area contributed by atoms with E-state index in [0.29, 0.717) is 5.56 Å². The molecule has 5 rings (SSSR count). The second-order valence-corrected chi connectivity index (χ2v) is 9.45. The van der Waals surface area contributed by atoms with Gasteiger partial charge in [0.15, 0.2) is 0 Å². The van der Waals surface area contributed by atoms with Crippen LogP contribution in [-0.4, -0.2) is 8.96 Å². The summed E-state index contributed by atoms with van der Waals surface area (Å²) in [6.07, 6.45) is -0.778. The summed E-state index contributed by atoms with van der Waals surface area (Å²) in [7, 11) is 0. The highest BCUT2D eigenvalue weighted by Gasteiger charge is 2.24. The summed E-state index contributed by atoms with van der Waals surface area (Å²) >= 11 is 5.00. The Morgan fingerprint density at radius 2 is 1.74 bits per heavy atom. The van der Waals surface area contributed by atoms with E-state index in [1.54, 1.807) is 24.4 Å². The summed E-state index contributed by atoms with van der Waals surface area (Å²) in [6.45, 7) is 0. The third kappa shape index (κ3) is 4.11. The Bertz CT molecular complexity index is 1540. The minimum Gasteiger partial charge on any atom is -0.277 e. The summed E-state index contributed by atoms with van der Waals surface area (Å²) in [5.41, 5.74) is 5.61. The molecule has 2 aromatic heterocycles. The molecule has 3 aromatic carbocycles. The first-order valence-corrected chi connectivity index (χ1v) is 11.9. The van der Waals surface area contributed by atoms with Gasteiger partial charge in [0.2, 0.25) is 0 Å². The van der Waals surface area contributed by atoms with Gasteiger partial charge in [-0.15, -0.1) is 0 Å². The number of hydrogen-bond donors (Lipinski definition) is 0. The van der Waals surface area contributed by atoms with Crippen molar-refractivity contribution in [3.8, 4) is 28.5 Å². The van der Waals surface area contributed by atoms with E-state index >= 15 is 0 Å². The summed E-state index contributed by atoms with van der Waals surface area (Å²) in [5.74, 6) is 0. The third-order valence-electron chi connectivity index (χ3n) is 5.43. The van der Waals surface area contributed by atoms with Gasteiger partial charge in [0.25, 0.3) is 6.43 Å². The summed E-state index contributed by atoms with van der Waals surface area (Å²) in [6, 6.07) is 27.8. The van der Waals surface area contributed by atoms with Crippen LogP contribution < -0.4 is 0 Å². The number of fused-ring (bicyclic) bond motifs is 1. The highest BCUT2D eigenvalue weighted by Crippen LogP contribution is 2.45. The molecule has 0 unspecified atom stereocenters. The normalized spacial score (nSPS) is 11.1. The molecule has 5 aromatic rings. The van der Waals surface area contributed by atoms with E-state index in [0.717, 1.165) is 42.8 Å². The quantitative estimate of drug-likeness (QED) is 0.228. The van der Waals surface area contributed by atoms with Gasteiger partial charge in [-0.05, 0) is 54.4 Å². The van der Waals surface area contributed by atoms with E-state index in [9.17, 15) is 14.0 Å². The Morgan fingerprint density at radius 3 is 2.47 bits per heavy atom. The van der Waals surface area contributed by atoms with Crippen molar-refractivity contribution >= 4 is 38.9 Å². The average Bonchev–Trinajstić information content (AvgIpc) is 3.18. The molecule has 166 valence electrons. The summed E-state index contributed by atoms with van der Waals surface area (Å²) < 4.78 is 29.1. The Labute approximate surface area is 208 Å². The Hall–Kier alpha value is -3.47. The van der Waals surface area contributed by atoms with Crippen molar-refractivity contribution in [2.75, 3.05) is 0 Å². The van der Waals surface area contributed by atoms with Crippen LogP contribution in [0.1, 0.15) is 17.6 Å². The maximum Gasteiger partial charge on any atom is 0.263 e. The molecule has 34 heavy (non-hydrogen) atoms. The Kier molecular flexibility index (Phi) is 6.18. The van der Waals surface area contributed by atoms with Crippen LogP contribution in [0.5, 0.6) is 0 Å². The van der Waals surface area contributed by atoms with Crippen molar-refractivity contribution in [3.05, 3.63) is 107 Å². The van der Waals surface area contributed by atoms with Crippen LogP contribution in [0.25, 0.3) is 33.4 Å².